The number of para-hydroxylation sites is 2. The standard InChI is InChI=1S/C31H17N3S2/c32-18-19-9-10-21-14-22(12-11-20(21)13-19)23-15-24(30-33-26-5-1-3-7-28(26)35-30)17-25(16-23)31-34-27-6-2-4-8-29(27)36-31/h1-17H. The quantitative estimate of drug-likeness (QED) is 0.246. The van der Waals surface area contributed by atoms with Gasteiger partial charge in [0, 0.05) is 11.1 Å². The Bertz CT molecular complexity index is 1820. The predicted molar refractivity (Wildman–Crippen MR) is 151 cm³/mol. The molecule has 0 atom stereocenters. The van der Waals surface area contributed by atoms with Gasteiger partial charge in [0.1, 0.15) is 10.0 Å². The lowest BCUT2D eigenvalue weighted by atomic mass is 9.97. The number of thiazole rings is 2. The summed E-state index contributed by atoms with van der Waals surface area (Å²) in [4.78, 5) is 9.87. The lowest BCUT2D eigenvalue weighted by Gasteiger charge is -2.09. The van der Waals surface area contributed by atoms with Gasteiger partial charge in [-0.2, -0.15) is 5.26 Å². The topological polar surface area (TPSA) is 49.6 Å². The molecule has 0 radical (unpaired) electrons. The molecule has 0 N–H and O–H groups in total. The summed E-state index contributed by atoms with van der Waals surface area (Å²) in [6.07, 6.45) is 0. The third-order valence-electron chi connectivity index (χ3n) is 6.32. The first-order chi connectivity index (χ1) is 17.7. The molecule has 0 bridgehead atoms. The lowest BCUT2D eigenvalue weighted by molar-refractivity contribution is 1.45. The first kappa shape index (κ1) is 21.0. The second-order valence-corrected chi connectivity index (χ2v) is 10.7. The fourth-order valence-corrected chi connectivity index (χ4v) is 6.43. The van der Waals surface area contributed by atoms with Gasteiger partial charge in [0.25, 0.3) is 0 Å². The summed E-state index contributed by atoms with van der Waals surface area (Å²) in [7, 11) is 0. The van der Waals surface area contributed by atoms with Crippen molar-refractivity contribution in [1.29, 1.82) is 5.26 Å². The Kier molecular flexibility index (Phi) is 4.88. The van der Waals surface area contributed by atoms with Crippen LogP contribution in [0, 0.1) is 11.3 Å². The van der Waals surface area contributed by atoms with Crippen LogP contribution < -0.4 is 0 Å². The highest BCUT2D eigenvalue weighted by molar-refractivity contribution is 7.22. The van der Waals surface area contributed by atoms with E-state index >= 15 is 0 Å². The number of aromatic nitrogens is 2. The van der Waals surface area contributed by atoms with Gasteiger partial charge in [-0.3, -0.25) is 0 Å². The second-order valence-electron chi connectivity index (χ2n) is 8.66. The molecule has 0 aliphatic rings. The van der Waals surface area contributed by atoms with Crippen molar-refractivity contribution in [2.45, 2.75) is 0 Å². The van der Waals surface area contributed by atoms with Gasteiger partial charge in [0.15, 0.2) is 0 Å². The fraction of sp³-hybridized carbons (Fsp3) is 0. The molecule has 168 valence electrons. The fourth-order valence-electron chi connectivity index (χ4n) is 4.53. The van der Waals surface area contributed by atoms with Crippen molar-refractivity contribution < 1.29 is 0 Å². The van der Waals surface area contributed by atoms with Crippen LogP contribution in [-0.4, -0.2) is 9.97 Å². The van der Waals surface area contributed by atoms with Gasteiger partial charge < -0.3 is 0 Å². The van der Waals surface area contributed by atoms with E-state index in [1.54, 1.807) is 22.7 Å². The predicted octanol–water partition coefficient (Wildman–Crippen LogP) is 8.93. The zero-order valence-electron chi connectivity index (χ0n) is 19.0. The van der Waals surface area contributed by atoms with E-state index in [9.17, 15) is 5.26 Å². The van der Waals surface area contributed by atoms with Crippen molar-refractivity contribution in [3.05, 3.63) is 109 Å². The Hall–Kier alpha value is -4.37. The monoisotopic (exact) mass is 495 g/mol. The lowest BCUT2D eigenvalue weighted by Crippen LogP contribution is -1.86. The third-order valence-corrected chi connectivity index (χ3v) is 8.49. The van der Waals surface area contributed by atoms with Crippen LogP contribution in [0.3, 0.4) is 0 Å². The zero-order chi connectivity index (χ0) is 24.1. The maximum absolute atomic E-state index is 9.25. The van der Waals surface area contributed by atoms with E-state index in [0.29, 0.717) is 5.56 Å². The highest BCUT2D eigenvalue weighted by Crippen LogP contribution is 2.39. The summed E-state index contributed by atoms with van der Waals surface area (Å²) < 4.78 is 2.36. The van der Waals surface area contributed by atoms with Crippen LogP contribution in [0.4, 0.5) is 0 Å². The van der Waals surface area contributed by atoms with Crippen molar-refractivity contribution in [2.75, 3.05) is 0 Å². The maximum Gasteiger partial charge on any atom is 0.124 e. The van der Waals surface area contributed by atoms with Crippen LogP contribution in [0.25, 0.3) is 63.5 Å². The van der Waals surface area contributed by atoms with Gasteiger partial charge in [-0.1, -0.05) is 42.5 Å². The minimum Gasteiger partial charge on any atom is -0.236 e. The Morgan fingerprint density at radius 1 is 0.528 bits per heavy atom. The minimum atomic E-state index is 0.672. The Balaban J connectivity index is 1.43. The molecule has 7 aromatic rings. The zero-order valence-corrected chi connectivity index (χ0v) is 20.6. The SMILES string of the molecule is N#Cc1ccc2cc(-c3cc(-c4nc5ccccc5s4)cc(-c4nc5ccccc5s4)c3)ccc2c1. The highest BCUT2D eigenvalue weighted by atomic mass is 32.1. The van der Waals surface area contributed by atoms with Crippen LogP contribution in [0.15, 0.2) is 103 Å². The first-order valence-corrected chi connectivity index (χ1v) is 13.2. The summed E-state index contributed by atoms with van der Waals surface area (Å²) in [5.74, 6) is 0. The molecule has 36 heavy (non-hydrogen) atoms. The largest absolute Gasteiger partial charge is 0.236 e. The molecular weight excluding hydrogens is 478 g/mol. The smallest absolute Gasteiger partial charge is 0.124 e. The van der Waals surface area contributed by atoms with Crippen LogP contribution in [0.1, 0.15) is 5.56 Å². The van der Waals surface area contributed by atoms with Gasteiger partial charge in [-0.05, 0) is 82.6 Å². The molecule has 0 saturated carbocycles. The molecule has 7 rings (SSSR count). The van der Waals surface area contributed by atoms with Crippen LogP contribution in [0.2, 0.25) is 0 Å². The van der Waals surface area contributed by atoms with E-state index in [0.717, 1.165) is 54.1 Å². The third kappa shape index (κ3) is 3.64. The first-order valence-electron chi connectivity index (χ1n) is 11.5. The number of fused-ring (bicyclic) bond motifs is 3. The second kappa shape index (κ2) is 8.39. The summed E-state index contributed by atoms with van der Waals surface area (Å²) in [6, 6.07) is 37.6. The van der Waals surface area contributed by atoms with E-state index in [1.165, 1.54) is 9.40 Å². The van der Waals surface area contributed by atoms with Gasteiger partial charge in [-0.15, -0.1) is 22.7 Å². The van der Waals surface area contributed by atoms with E-state index in [-0.39, 0.29) is 0 Å². The number of nitrogens with zero attached hydrogens (tertiary/aromatic N) is 3. The van der Waals surface area contributed by atoms with E-state index in [1.807, 2.05) is 30.3 Å². The van der Waals surface area contributed by atoms with Gasteiger partial charge in [0.2, 0.25) is 0 Å². The van der Waals surface area contributed by atoms with Gasteiger partial charge in [-0.25, -0.2) is 9.97 Å². The number of nitriles is 1. The molecule has 0 saturated heterocycles. The molecule has 5 aromatic carbocycles. The summed E-state index contributed by atoms with van der Waals surface area (Å²) in [6.45, 7) is 0. The van der Waals surface area contributed by atoms with Crippen molar-refractivity contribution in [2.24, 2.45) is 0 Å². The molecule has 0 aliphatic heterocycles. The van der Waals surface area contributed by atoms with Crippen molar-refractivity contribution in [1.82, 2.24) is 9.97 Å². The van der Waals surface area contributed by atoms with Crippen molar-refractivity contribution >= 4 is 53.9 Å². The molecule has 0 spiro atoms. The minimum absolute atomic E-state index is 0.672. The average Bonchev–Trinajstić information content (AvgIpc) is 3.57. The number of rotatable bonds is 3. The van der Waals surface area contributed by atoms with Crippen LogP contribution in [-0.2, 0) is 0 Å². The Labute approximate surface area is 215 Å². The van der Waals surface area contributed by atoms with E-state index in [2.05, 4.69) is 78.9 Å². The Morgan fingerprint density at radius 2 is 1.08 bits per heavy atom. The van der Waals surface area contributed by atoms with Crippen molar-refractivity contribution in [3.63, 3.8) is 0 Å². The molecule has 3 nitrogen and oxygen atoms in total. The van der Waals surface area contributed by atoms with Gasteiger partial charge >= 0.3 is 0 Å². The van der Waals surface area contributed by atoms with Crippen LogP contribution in [0.5, 0.6) is 0 Å². The summed E-state index contributed by atoms with van der Waals surface area (Å²) in [5, 5.41) is 13.4. The number of hydrogen-bond acceptors (Lipinski definition) is 5. The number of hydrogen-bond donors (Lipinski definition) is 0. The molecule has 5 heteroatoms. The maximum atomic E-state index is 9.25. The average molecular weight is 496 g/mol. The molecule has 2 heterocycles. The normalized spacial score (nSPS) is 11.3. The molecule has 0 fully saturated rings. The molecule has 0 amide bonds. The summed E-state index contributed by atoms with van der Waals surface area (Å²) in [5.41, 5.74) is 7.12. The van der Waals surface area contributed by atoms with Crippen molar-refractivity contribution in [3.8, 4) is 38.3 Å². The summed E-state index contributed by atoms with van der Waals surface area (Å²) >= 11 is 3.42. The molecule has 2 aromatic heterocycles. The highest BCUT2D eigenvalue weighted by Gasteiger charge is 2.14. The van der Waals surface area contributed by atoms with Gasteiger partial charge in [0.05, 0.1) is 32.1 Å². The van der Waals surface area contributed by atoms with E-state index in [4.69, 9.17) is 9.97 Å². The van der Waals surface area contributed by atoms with Crippen LogP contribution >= 0.6 is 22.7 Å². The molecular formula is C31H17N3S2. The van der Waals surface area contributed by atoms with E-state index < -0.39 is 0 Å². The molecule has 0 unspecified atom stereocenters. The Morgan fingerprint density at radius 3 is 1.69 bits per heavy atom. The molecule has 0 aliphatic carbocycles. The number of benzene rings is 5.